The highest BCUT2D eigenvalue weighted by atomic mass is 16.5. The van der Waals surface area contributed by atoms with Gasteiger partial charge in [0.05, 0.1) is 18.6 Å². The summed E-state index contributed by atoms with van der Waals surface area (Å²) in [6.45, 7) is 4.75. The number of carbonyl (C=O) groups excluding carboxylic acids is 1. The zero-order chi connectivity index (χ0) is 15.7. The zero-order valence-corrected chi connectivity index (χ0v) is 12.8. The lowest BCUT2D eigenvalue weighted by Crippen LogP contribution is -2.27. The topological polar surface area (TPSA) is 53.3 Å². The number of benzene rings is 1. The van der Waals surface area contributed by atoms with E-state index >= 15 is 0 Å². The lowest BCUT2D eigenvalue weighted by atomic mass is 10.1. The highest BCUT2D eigenvalue weighted by molar-refractivity contribution is 5.81. The lowest BCUT2D eigenvalue weighted by Gasteiger charge is -2.26. The molecule has 1 rings (SSSR count). The van der Waals surface area contributed by atoms with Gasteiger partial charge in [0.1, 0.15) is 0 Å². The molecule has 4 heteroatoms. The Morgan fingerprint density at radius 2 is 2.10 bits per heavy atom. The molecule has 0 radical (unpaired) electrons. The molecule has 0 saturated carbocycles. The van der Waals surface area contributed by atoms with Crippen molar-refractivity contribution >= 4 is 5.97 Å². The van der Waals surface area contributed by atoms with Gasteiger partial charge in [-0.1, -0.05) is 36.4 Å². The van der Waals surface area contributed by atoms with Gasteiger partial charge in [0, 0.05) is 18.7 Å². The number of hydrogen-bond donors (Lipinski definition) is 0. The average molecular weight is 286 g/mol. The molecule has 0 spiro atoms. The van der Waals surface area contributed by atoms with Crippen LogP contribution in [0.1, 0.15) is 25.5 Å². The third-order valence-electron chi connectivity index (χ3n) is 3.34. The van der Waals surface area contributed by atoms with Crippen molar-refractivity contribution in [1.29, 1.82) is 5.26 Å². The SMILES string of the molecule is CCOC(=O)/C=C/[C@@H](C#N)CN(C)[C@H](C)c1ccccc1. The van der Waals surface area contributed by atoms with Crippen LogP contribution >= 0.6 is 0 Å². The fourth-order valence-corrected chi connectivity index (χ4v) is 1.98. The van der Waals surface area contributed by atoms with Crippen molar-refractivity contribution in [2.75, 3.05) is 20.2 Å². The standard InChI is InChI=1S/C17H22N2O2/c1-4-21-17(20)11-10-15(12-18)13-19(3)14(2)16-8-6-5-7-9-16/h5-11,14-15H,4,13H2,1-3H3/b11-10+/t14-,15+/m1/s1. The average Bonchev–Trinajstić information content (AvgIpc) is 2.51. The molecular weight excluding hydrogens is 264 g/mol. The Kier molecular flexibility index (Phi) is 7.20. The van der Waals surface area contributed by atoms with Gasteiger partial charge in [0.2, 0.25) is 0 Å². The van der Waals surface area contributed by atoms with Crippen molar-refractivity contribution < 1.29 is 9.53 Å². The van der Waals surface area contributed by atoms with Gasteiger partial charge in [-0.05, 0) is 26.5 Å². The van der Waals surface area contributed by atoms with E-state index in [2.05, 4.69) is 30.0 Å². The van der Waals surface area contributed by atoms with Crippen LogP contribution in [0.5, 0.6) is 0 Å². The summed E-state index contributed by atoms with van der Waals surface area (Å²) in [4.78, 5) is 13.4. The summed E-state index contributed by atoms with van der Waals surface area (Å²) in [7, 11) is 1.97. The molecule has 0 aliphatic carbocycles. The summed E-state index contributed by atoms with van der Waals surface area (Å²) in [5.41, 5.74) is 1.20. The Bertz CT molecular complexity index is 505. The normalized spacial score (nSPS) is 13.9. The van der Waals surface area contributed by atoms with Crippen LogP contribution in [0.2, 0.25) is 0 Å². The molecule has 0 unspecified atom stereocenters. The molecule has 0 aliphatic heterocycles. The maximum atomic E-state index is 11.3. The zero-order valence-electron chi connectivity index (χ0n) is 12.8. The molecule has 0 saturated heterocycles. The van der Waals surface area contributed by atoms with Gasteiger partial charge in [-0.15, -0.1) is 0 Å². The molecule has 112 valence electrons. The smallest absolute Gasteiger partial charge is 0.330 e. The minimum atomic E-state index is -0.406. The molecule has 0 heterocycles. The maximum absolute atomic E-state index is 11.3. The van der Waals surface area contributed by atoms with E-state index in [0.717, 1.165) is 0 Å². The third-order valence-corrected chi connectivity index (χ3v) is 3.34. The van der Waals surface area contributed by atoms with Gasteiger partial charge >= 0.3 is 5.97 Å². The molecule has 0 aromatic heterocycles. The van der Waals surface area contributed by atoms with Gasteiger partial charge in [-0.25, -0.2) is 4.79 Å². The highest BCUT2D eigenvalue weighted by Crippen LogP contribution is 2.19. The number of nitriles is 1. The second-order valence-electron chi connectivity index (χ2n) is 4.87. The van der Waals surface area contributed by atoms with Gasteiger partial charge in [-0.3, -0.25) is 4.90 Å². The predicted octanol–water partition coefficient (Wildman–Crippen LogP) is 2.94. The summed E-state index contributed by atoms with van der Waals surface area (Å²) in [5.74, 6) is -0.748. The van der Waals surface area contributed by atoms with Crippen LogP contribution in [0, 0.1) is 17.2 Å². The molecule has 1 aromatic carbocycles. The summed E-state index contributed by atoms with van der Waals surface area (Å²) in [5, 5.41) is 9.19. The largest absolute Gasteiger partial charge is 0.463 e. The molecule has 4 nitrogen and oxygen atoms in total. The number of nitrogens with zero attached hydrogens (tertiary/aromatic N) is 2. The van der Waals surface area contributed by atoms with E-state index in [9.17, 15) is 10.1 Å². The Hall–Kier alpha value is -2.12. The van der Waals surface area contributed by atoms with Crippen LogP contribution in [0.25, 0.3) is 0 Å². The molecule has 2 atom stereocenters. The number of carbonyl (C=O) groups is 1. The highest BCUT2D eigenvalue weighted by Gasteiger charge is 2.15. The first-order valence-corrected chi connectivity index (χ1v) is 7.08. The summed E-state index contributed by atoms with van der Waals surface area (Å²) in [6.07, 6.45) is 2.94. The monoisotopic (exact) mass is 286 g/mol. The van der Waals surface area contributed by atoms with Gasteiger partial charge in [0.15, 0.2) is 0 Å². The molecule has 0 bridgehead atoms. The van der Waals surface area contributed by atoms with E-state index in [-0.39, 0.29) is 12.0 Å². The van der Waals surface area contributed by atoms with E-state index in [1.54, 1.807) is 13.0 Å². The molecular formula is C17H22N2O2. The molecule has 0 fully saturated rings. The van der Waals surface area contributed by atoms with E-state index in [1.165, 1.54) is 11.6 Å². The quantitative estimate of drug-likeness (QED) is 0.571. The molecule has 0 amide bonds. The van der Waals surface area contributed by atoms with Crippen molar-refractivity contribution in [1.82, 2.24) is 4.90 Å². The van der Waals surface area contributed by atoms with Crippen LogP contribution in [0.15, 0.2) is 42.5 Å². The first kappa shape index (κ1) is 16.9. The van der Waals surface area contributed by atoms with Crippen molar-refractivity contribution in [3.63, 3.8) is 0 Å². The van der Waals surface area contributed by atoms with Crippen LogP contribution in [0.3, 0.4) is 0 Å². The number of esters is 1. The number of rotatable bonds is 7. The molecule has 0 aliphatic rings. The summed E-state index contributed by atoms with van der Waals surface area (Å²) >= 11 is 0. The van der Waals surface area contributed by atoms with Crippen molar-refractivity contribution in [3.8, 4) is 6.07 Å². The van der Waals surface area contributed by atoms with Gasteiger partial charge in [-0.2, -0.15) is 5.26 Å². The van der Waals surface area contributed by atoms with E-state index < -0.39 is 5.97 Å². The number of ether oxygens (including phenoxy) is 1. The molecule has 0 N–H and O–H groups in total. The predicted molar refractivity (Wildman–Crippen MR) is 82.4 cm³/mol. The van der Waals surface area contributed by atoms with Crippen molar-refractivity contribution in [2.45, 2.75) is 19.9 Å². The number of hydrogen-bond acceptors (Lipinski definition) is 4. The molecule has 1 aromatic rings. The van der Waals surface area contributed by atoms with Crippen LogP contribution in [-0.4, -0.2) is 31.1 Å². The Balaban J connectivity index is 2.61. The van der Waals surface area contributed by atoms with E-state index in [1.807, 2.05) is 25.2 Å². The Labute approximate surface area is 126 Å². The van der Waals surface area contributed by atoms with E-state index in [0.29, 0.717) is 13.2 Å². The van der Waals surface area contributed by atoms with E-state index in [4.69, 9.17) is 4.74 Å². The van der Waals surface area contributed by atoms with Gasteiger partial charge in [0.25, 0.3) is 0 Å². The van der Waals surface area contributed by atoms with Crippen LogP contribution < -0.4 is 0 Å². The van der Waals surface area contributed by atoms with Gasteiger partial charge < -0.3 is 4.74 Å². The Morgan fingerprint density at radius 1 is 1.43 bits per heavy atom. The minimum Gasteiger partial charge on any atom is -0.463 e. The first-order valence-electron chi connectivity index (χ1n) is 7.08. The third kappa shape index (κ3) is 5.80. The van der Waals surface area contributed by atoms with Crippen LogP contribution in [0.4, 0.5) is 0 Å². The first-order chi connectivity index (χ1) is 10.1. The summed E-state index contributed by atoms with van der Waals surface area (Å²) in [6, 6.07) is 12.5. The van der Waals surface area contributed by atoms with Crippen molar-refractivity contribution in [3.05, 3.63) is 48.0 Å². The fourth-order valence-electron chi connectivity index (χ4n) is 1.98. The fraction of sp³-hybridized carbons (Fsp3) is 0.412. The van der Waals surface area contributed by atoms with Crippen LogP contribution in [-0.2, 0) is 9.53 Å². The second-order valence-corrected chi connectivity index (χ2v) is 4.87. The second kappa shape index (κ2) is 8.93. The van der Waals surface area contributed by atoms with Crippen molar-refractivity contribution in [2.24, 2.45) is 5.92 Å². The minimum absolute atomic E-state index is 0.207. The summed E-state index contributed by atoms with van der Waals surface area (Å²) < 4.78 is 4.81. The molecule has 21 heavy (non-hydrogen) atoms. The lowest BCUT2D eigenvalue weighted by molar-refractivity contribution is -0.137. The Morgan fingerprint density at radius 3 is 2.67 bits per heavy atom. The maximum Gasteiger partial charge on any atom is 0.330 e.